The number of benzene rings is 3. The smallest absolute Gasteiger partial charge is 0.148 e. The second kappa shape index (κ2) is 8.81. The van der Waals surface area contributed by atoms with Gasteiger partial charge in [-0.1, -0.05) is 18.2 Å². The first-order chi connectivity index (χ1) is 12.9. The summed E-state index contributed by atoms with van der Waals surface area (Å²) >= 11 is 7.11. The largest absolute Gasteiger partial charge is 0.487 e. The molecule has 0 aromatic heterocycles. The minimum atomic E-state index is -0.256. The molecule has 138 valence electrons. The van der Waals surface area contributed by atoms with Gasteiger partial charge in [0.05, 0.1) is 14.6 Å². The number of nitrogens with zero attached hydrogens (tertiary/aromatic N) is 1. The van der Waals surface area contributed by atoms with E-state index in [2.05, 4.69) is 62.8 Å². The molecule has 0 bridgehead atoms. The molecule has 0 radical (unpaired) electrons. The lowest BCUT2D eigenvalue weighted by Gasteiger charge is -2.11. The first-order valence-corrected chi connectivity index (χ1v) is 9.98. The van der Waals surface area contributed by atoms with Gasteiger partial charge in [0.25, 0.3) is 0 Å². The molecule has 0 saturated carbocycles. The molecular weight excluding hydrogens is 473 g/mol. The van der Waals surface area contributed by atoms with Crippen molar-refractivity contribution in [1.29, 1.82) is 0 Å². The second-order valence-corrected chi connectivity index (χ2v) is 7.96. The highest BCUT2D eigenvalue weighted by Crippen LogP contribution is 2.35. The Balaban J connectivity index is 1.74. The van der Waals surface area contributed by atoms with Crippen molar-refractivity contribution < 1.29 is 9.13 Å². The summed E-state index contributed by atoms with van der Waals surface area (Å²) in [5.41, 5.74) is 5.23. The zero-order valence-corrected chi connectivity index (χ0v) is 18.1. The number of hydrogen-bond acceptors (Lipinski definition) is 2. The monoisotopic (exact) mass is 489 g/mol. The van der Waals surface area contributed by atoms with E-state index in [1.165, 1.54) is 23.3 Å². The Labute approximate surface area is 175 Å². The molecule has 2 nitrogen and oxygen atoms in total. The van der Waals surface area contributed by atoms with Crippen molar-refractivity contribution in [1.82, 2.24) is 0 Å². The standard InChI is InChI=1S/C22H18Br2FNO/c1-14-3-8-19(9-15(14)2)26-12-17-10-20(23)22(21(24)11-17)27-13-16-4-6-18(25)7-5-16/h3-12H,13H2,1-2H3. The highest BCUT2D eigenvalue weighted by molar-refractivity contribution is 9.11. The van der Waals surface area contributed by atoms with Crippen molar-refractivity contribution in [2.75, 3.05) is 0 Å². The van der Waals surface area contributed by atoms with E-state index in [0.29, 0.717) is 12.4 Å². The topological polar surface area (TPSA) is 21.6 Å². The summed E-state index contributed by atoms with van der Waals surface area (Å²) in [5.74, 6) is 0.441. The molecular formula is C22H18Br2FNO. The van der Waals surface area contributed by atoms with E-state index in [1.807, 2.05) is 24.4 Å². The van der Waals surface area contributed by atoms with Crippen LogP contribution in [0.3, 0.4) is 0 Å². The van der Waals surface area contributed by atoms with Crippen LogP contribution in [-0.4, -0.2) is 6.21 Å². The van der Waals surface area contributed by atoms with E-state index >= 15 is 0 Å². The number of halogens is 3. The zero-order chi connectivity index (χ0) is 19.4. The van der Waals surface area contributed by atoms with Gasteiger partial charge in [0.2, 0.25) is 0 Å². The third-order valence-electron chi connectivity index (χ3n) is 4.17. The molecule has 0 aliphatic carbocycles. The lowest BCUT2D eigenvalue weighted by molar-refractivity contribution is 0.302. The Bertz CT molecular complexity index is 961. The highest BCUT2D eigenvalue weighted by Gasteiger charge is 2.09. The van der Waals surface area contributed by atoms with Crippen molar-refractivity contribution in [3.05, 3.63) is 91.6 Å². The van der Waals surface area contributed by atoms with Gasteiger partial charge in [0.1, 0.15) is 18.2 Å². The maximum atomic E-state index is 13.0. The van der Waals surface area contributed by atoms with E-state index in [4.69, 9.17) is 4.74 Å². The van der Waals surface area contributed by atoms with Crippen LogP contribution in [0.5, 0.6) is 5.75 Å². The average Bonchev–Trinajstić information content (AvgIpc) is 2.63. The van der Waals surface area contributed by atoms with Gasteiger partial charge in [0, 0.05) is 6.21 Å². The van der Waals surface area contributed by atoms with Crippen LogP contribution in [0.15, 0.2) is 68.5 Å². The van der Waals surface area contributed by atoms with Crippen molar-refractivity contribution in [3.63, 3.8) is 0 Å². The number of hydrogen-bond donors (Lipinski definition) is 0. The fourth-order valence-corrected chi connectivity index (χ4v) is 3.93. The third kappa shape index (κ3) is 5.27. The molecule has 0 unspecified atom stereocenters. The Morgan fingerprint density at radius 3 is 2.22 bits per heavy atom. The van der Waals surface area contributed by atoms with Crippen LogP contribution >= 0.6 is 31.9 Å². The fourth-order valence-electron chi connectivity index (χ4n) is 2.48. The molecule has 0 atom stereocenters. The summed E-state index contributed by atoms with van der Waals surface area (Å²) in [6.07, 6.45) is 1.82. The molecule has 0 fully saturated rings. The van der Waals surface area contributed by atoms with E-state index in [0.717, 1.165) is 25.8 Å². The Morgan fingerprint density at radius 2 is 1.59 bits per heavy atom. The van der Waals surface area contributed by atoms with Gasteiger partial charge < -0.3 is 4.74 Å². The number of aryl methyl sites for hydroxylation is 2. The van der Waals surface area contributed by atoms with Gasteiger partial charge in [-0.05, 0) is 104 Å². The van der Waals surface area contributed by atoms with Gasteiger partial charge in [-0.3, -0.25) is 4.99 Å². The molecule has 3 aromatic rings. The summed E-state index contributed by atoms with van der Waals surface area (Å²) in [5, 5.41) is 0. The van der Waals surface area contributed by atoms with Crippen molar-refractivity contribution in [2.24, 2.45) is 4.99 Å². The molecule has 0 N–H and O–H groups in total. The van der Waals surface area contributed by atoms with Crippen LogP contribution in [0.2, 0.25) is 0 Å². The fraction of sp³-hybridized carbons (Fsp3) is 0.136. The molecule has 3 rings (SSSR count). The summed E-state index contributed by atoms with van der Waals surface area (Å²) in [6.45, 7) is 4.52. The molecule has 0 aliphatic rings. The van der Waals surface area contributed by atoms with Crippen LogP contribution in [0, 0.1) is 19.7 Å². The highest BCUT2D eigenvalue weighted by atomic mass is 79.9. The van der Waals surface area contributed by atoms with Crippen LogP contribution in [0.4, 0.5) is 10.1 Å². The lowest BCUT2D eigenvalue weighted by Crippen LogP contribution is -1.98. The van der Waals surface area contributed by atoms with Crippen LogP contribution in [0.25, 0.3) is 0 Å². The number of aliphatic imine (C=N–C) groups is 1. The minimum Gasteiger partial charge on any atom is -0.487 e. The van der Waals surface area contributed by atoms with Gasteiger partial charge in [-0.2, -0.15) is 0 Å². The normalized spacial score (nSPS) is 11.1. The minimum absolute atomic E-state index is 0.256. The van der Waals surface area contributed by atoms with E-state index < -0.39 is 0 Å². The van der Waals surface area contributed by atoms with Crippen molar-refractivity contribution >= 4 is 43.8 Å². The van der Waals surface area contributed by atoms with Crippen LogP contribution in [0.1, 0.15) is 22.3 Å². The predicted octanol–water partition coefficient (Wildman–Crippen LogP) is 7.30. The Kier molecular flexibility index (Phi) is 6.45. The predicted molar refractivity (Wildman–Crippen MR) is 116 cm³/mol. The molecule has 0 amide bonds. The van der Waals surface area contributed by atoms with E-state index in [-0.39, 0.29) is 5.82 Å². The van der Waals surface area contributed by atoms with Crippen molar-refractivity contribution in [3.8, 4) is 5.75 Å². The van der Waals surface area contributed by atoms with Crippen molar-refractivity contribution in [2.45, 2.75) is 20.5 Å². The summed E-state index contributed by atoms with van der Waals surface area (Å²) in [6, 6.07) is 16.3. The Hall–Kier alpha value is -1.98. The molecule has 5 heteroatoms. The van der Waals surface area contributed by atoms with Crippen LogP contribution < -0.4 is 4.74 Å². The van der Waals surface area contributed by atoms with Crippen LogP contribution in [-0.2, 0) is 6.61 Å². The van der Waals surface area contributed by atoms with Gasteiger partial charge >= 0.3 is 0 Å². The SMILES string of the molecule is Cc1ccc(N=Cc2cc(Br)c(OCc3ccc(F)cc3)c(Br)c2)cc1C. The van der Waals surface area contributed by atoms with Gasteiger partial charge in [-0.25, -0.2) is 4.39 Å². The molecule has 3 aromatic carbocycles. The maximum Gasteiger partial charge on any atom is 0.148 e. The Morgan fingerprint density at radius 1 is 0.926 bits per heavy atom. The molecule has 0 spiro atoms. The lowest BCUT2D eigenvalue weighted by atomic mass is 10.1. The van der Waals surface area contributed by atoms with Gasteiger partial charge in [0.15, 0.2) is 0 Å². The summed E-state index contributed by atoms with van der Waals surface area (Å²) in [7, 11) is 0. The number of rotatable bonds is 5. The number of ether oxygens (including phenoxy) is 1. The first kappa shape index (κ1) is 19.8. The average molecular weight is 491 g/mol. The first-order valence-electron chi connectivity index (χ1n) is 8.40. The van der Waals surface area contributed by atoms with E-state index in [9.17, 15) is 4.39 Å². The zero-order valence-electron chi connectivity index (χ0n) is 15.0. The quantitative estimate of drug-likeness (QED) is 0.344. The molecule has 0 saturated heterocycles. The maximum absolute atomic E-state index is 13.0. The van der Waals surface area contributed by atoms with Gasteiger partial charge in [-0.15, -0.1) is 0 Å². The molecule has 0 aliphatic heterocycles. The van der Waals surface area contributed by atoms with E-state index in [1.54, 1.807) is 12.1 Å². The summed E-state index contributed by atoms with van der Waals surface area (Å²) in [4.78, 5) is 4.55. The summed E-state index contributed by atoms with van der Waals surface area (Å²) < 4.78 is 20.5. The second-order valence-electron chi connectivity index (χ2n) is 6.26. The molecule has 27 heavy (non-hydrogen) atoms. The third-order valence-corrected chi connectivity index (χ3v) is 5.35. The molecule has 0 heterocycles.